The number of methoxy groups -OCH3 is 1. The molecule has 2 heterocycles. The molecule has 1 aliphatic heterocycles. The molecule has 0 unspecified atom stereocenters. The van der Waals surface area contributed by atoms with Crippen molar-refractivity contribution < 1.29 is 33.4 Å². The lowest BCUT2D eigenvalue weighted by Crippen LogP contribution is -2.53. The summed E-state index contributed by atoms with van der Waals surface area (Å²) in [6.07, 6.45) is 0.815. The summed E-state index contributed by atoms with van der Waals surface area (Å²) >= 11 is 5.87. The molecule has 0 radical (unpaired) electrons. The van der Waals surface area contributed by atoms with Gasteiger partial charge in [-0.15, -0.1) is 0 Å². The first kappa shape index (κ1) is 31.6. The third-order valence-corrected chi connectivity index (χ3v) is 7.48. The highest BCUT2D eigenvalue weighted by Crippen LogP contribution is 2.26. The number of benzene rings is 2. The van der Waals surface area contributed by atoms with Gasteiger partial charge in [0.15, 0.2) is 12.4 Å². The number of hydrogen-bond donors (Lipinski definition) is 4. The van der Waals surface area contributed by atoms with Gasteiger partial charge in [-0.05, 0) is 67.6 Å². The number of Topliss-reactive ketones (excluding diaryl/α,β-unsaturated/α-hetero) is 1. The fourth-order valence-electron chi connectivity index (χ4n) is 4.97. The molecule has 0 aliphatic carbocycles. The quantitative estimate of drug-likeness (QED) is 0.216. The molecule has 0 spiro atoms. The molecule has 1 aliphatic rings. The van der Waals surface area contributed by atoms with Gasteiger partial charge in [-0.1, -0.05) is 31.5 Å². The highest BCUT2D eigenvalue weighted by atomic mass is 35.5. The van der Waals surface area contributed by atoms with Crippen molar-refractivity contribution >= 4 is 52.0 Å². The van der Waals surface area contributed by atoms with Crippen LogP contribution in [0, 0.1) is 11.8 Å². The number of rotatable bonds is 13. The monoisotopic (exact) mass is 610 g/mol. The third kappa shape index (κ3) is 8.13. The van der Waals surface area contributed by atoms with E-state index in [1.807, 2.05) is 19.9 Å². The Hall–Kier alpha value is -4.38. The standard InChI is InChI=1S/C31H35ClN4O7/c1-17(2)13-24(36-30(40)25-15-21-22(34-25)5-4-6-27(21)42-3)29(39)35-23(14-19-11-12-33-28(19)38)26(37)16-43-31(41)18-7-9-20(32)10-8-18/h4-10,15,17,19,23-24,34H,11-14,16H2,1-3H3,(H,33,38)(H,35,39)(H,36,40)/t19-,23-,24-/m0/s1. The van der Waals surface area contributed by atoms with Gasteiger partial charge in [0.2, 0.25) is 11.8 Å². The summed E-state index contributed by atoms with van der Waals surface area (Å²) in [6.45, 7) is 3.66. The second-order valence-electron chi connectivity index (χ2n) is 10.9. The molecule has 1 fully saturated rings. The molecule has 4 rings (SSSR count). The Balaban J connectivity index is 1.48. The van der Waals surface area contributed by atoms with Crippen molar-refractivity contribution in [1.29, 1.82) is 0 Å². The number of aromatic amines is 1. The summed E-state index contributed by atoms with van der Waals surface area (Å²) < 4.78 is 10.6. The molecule has 4 N–H and O–H groups in total. The summed E-state index contributed by atoms with van der Waals surface area (Å²) in [5.41, 5.74) is 1.15. The lowest BCUT2D eigenvalue weighted by molar-refractivity contribution is -0.131. The summed E-state index contributed by atoms with van der Waals surface area (Å²) in [7, 11) is 1.54. The van der Waals surface area contributed by atoms with Crippen LogP contribution in [0.4, 0.5) is 0 Å². The maximum Gasteiger partial charge on any atom is 0.338 e. The summed E-state index contributed by atoms with van der Waals surface area (Å²) in [5, 5.41) is 9.38. The van der Waals surface area contributed by atoms with Crippen molar-refractivity contribution in [2.75, 3.05) is 20.3 Å². The van der Waals surface area contributed by atoms with Crippen LogP contribution in [0.5, 0.6) is 5.75 Å². The molecule has 0 bridgehead atoms. The zero-order valence-corrected chi connectivity index (χ0v) is 25.0. The van der Waals surface area contributed by atoms with Gasteiger partial charge < -0.3 is 30.4 Å². The van der Waals surface area contributed by atoms with Crippen molar-refractivity contribution in [1.82, 2.24) is 20.9 Å². The van der Waals surface area contributed by atoms with Gasteiger partial charge in [-0.3, -0.25) is 19.2 Å². The predicted molar refractivity (Wildman–Crippen MR) is 160 cm³/mol. The van der Waals surface area contributed by atoms with Crippen molar-refractivity contribution in [2.45, 2.75) is 45.2 Å². The van der Waals surface area contributed by atoms with Crippen LogP contribution in [0.2, 0.25) is 5.02 Å². The molecular formula is C31H35ClN4O7. The number of nitrogens with one attached hydrogen (secondary N) is 4. The van der Waals surface area contributed by atoms with Crippen LogP contribution in [0.25, 0.3) is 10.9 Å². The minimum Gasteiger partial charge on any atom is -0.496 e. The van der Waals surface area contributed by atoms with E-state index in [9.17, 15) is 24.0 Å². The number of ether oxygens (including phenoxy) is 2. The minimum atomic E-state index is -1.12. The zero-order valence-electron chi connectivity index (χ0n) is 24.2. The topological polar surface area (TPSA) is 156 Å². The fraction of sp³-hybridized carbons (Fsp3) is 0.387. The molecule has 0 saturated carbocycles. The number of halogens is 1. The zero-order chi connectivity index (χ0) is 31.1. The molecule has 11 nitrogen and oxygen atoms in total. The first-order valence-electron chi connectivity index (χ1n) is 14.1. The molecule has 1 saturated heterocycles. The van der Waals surface area contributed by atoms with E-state index in [2.05, 4.69) is 20.9 Å². The Morgan fingerprint density at radius 3 is 2.44 bits per heavy atom. The van der Waals surface area contributed by atoms with Gasteiger partial charge in [0.05, 0.1) is 18.7 Å². The lowest BCUT2D eigenvalue weighted by atomic mass is 9.95. The fourth-order valence-corrected chi connectivity index (χ4v) is 5.10. The highest BCUT2D eigenvalue weighted by molar-refractivity contribution is 6.30. The summed E-state index contributed by atoms with van der Waals surface area (Å²) in [4.78, 5) is 67.9. The Kier molecular flexibility index (Phi) is 10.4. The number of esters is 1. The van der Waals surface area contributed by atoms with Gasteiger partial charge in [-0.25, -0.2) is 4.79 Å². The maximum atomic E-state index is 13.6. The number of hydrogen-bond acceptors (Lipinski definition) is 7. The summed E-state index contributed by atoms with van der Waals surface area (Å²) in [5.74, 6) is -2.49. The van der Waals surface area contributed by atoms with E-state index >= 15 is 0 Å². The number of carbonyl (C=O) groups is 5. The first-order valence-corrected chi connectivity index (χ1v) is 14.4. The molecule has 2 aromatic carbocycles. The van der Waals surface area contributed by atoms with E-state index in [0.29, 0.717) is 34.6 Å². The average Bonchev–Trinajstić information content (AvgIpc) is 3.61. The normalized spacial score (nSPS) is 15.9. The minimum absolute atomic E-state index is 0.0222. The van der Waals surface area contributed by atoms with Crippen molar-refractivity contribution in [3.63, 3.8) is 0 Å². The Labute approximate surface area is 254 Å². The SMILES string of the molecule is COc1cccc2[nH]c(C(=O)N[C@@H](CC(C)C)C(=O)N[C@@H](C[C@@H]3CCNC3=O)C(=O)COC(=O)c3ccc(Cl)cc3)cc12. The van der Waals surface area contributed by atoms with E-state index in [1.165, 1.54) is 31.4 Å². The van der Waals surface area contributed by atoms with Gasteiger partial charge in [0.25, 0.3) is 5.91 Å². The lowest BCUT2D eigenvalue weighted by Gasteiger charge is -2.25. The van der Waals surface area contributed by atoms with Crippen LogP contribution in [0.1, 0.15) is 54.0 Å². The second kappa shape index (κ2) is 14.2. The molecule has 12 heteroatoms. The van der Waals surface area contributed by atoms with Crippen LogP contribution in [-0.4, -0.2) is 66.8 Å². The van der Waals surface area contributed by atoms with Crippen molar-refractivity contribution in [3.8, 4) is 5.75 Å². The average molecular weight is 611 g/mol. The molecule has 3 amide bonds. The highest BCUT2D eigenvalue weighted by Gasteiger charge is 2.34. The number of amides is 3. The van der Waals surface area contributed by atoms with Gasteiger partial charge in [0, 0.05) is 28.4 Å². The van der Waals surface area contributed by atoms with E-state index in [1.54, 1.807) is 18.2 Å². The van der Waals surface area contributed by atoms with E-state index in [0.717, 1.165) is 0 Å². The van der Waals surface area contributed by atoms with Crippen LogP contribution in [0.15, 0.2) is 48.5 Å². The van der Waals surface area contributed by atoms with E-state index < -0.39 is 48.2 Å². The Bertz CT molecular complexity index is 1500. The number of fused-ring (bicyclic) bond motifs is 1. The number of H-pyrrole nitrogens is 1. The predicted octanol–water partition coefficient (Wildman–Crippen LogP) is 3.41. The van der Waals surface area contributed by atoms with Gasteiger partial charge >= 0.3 is 5.97 Å². The molecule has 228 valence electrons. The van der Waals surface area contributed by atoms with Crippen LogP contribution in [-0.2, 0) is 19.1 Å². The number of carbonyl (C=O) groups excluding carboxylic acids is 5. The first-order chi connectivity index (χ1) is 20.5. The molecular weight excluding hydrogens is 576 g/mol. The number of aromatic nitrogens is 1. The number of ketones is 1. The molecule has 43 heavy (non-hydrogen) atoms. The van der Waals surface area contributed by atoms with Crippen molar-refractivity contribution in [3.05, 3.63) is 64.8 Å². The Morgan fingerprint density at radius 1 is 1.05 bits per heavy atom. The Morgan fingerprint density at radius 2 is 1.79 bits per heavy atom. The largest absolute Gasteiger partial charge is 0.496 e. The third-order valence-electron chi connectivity index (χ3n) is 7.23. The van der Waals surface area contributed by atoms with Crippen molar-refractivity contribution in [2.24, 2.45) is 11.8 Å². The van der Waals surface area contributed by atoms with Crippen LogP contribution >= 0.6 is 11.6 Å². The van der Waals surface area contributed by atoms with Gasteiger partial charge in [-0.2, -0.15) is 0 Å². The van der Waals surface area contributed by atoms with Crippen LogP contribution < -0.4 is 20.7 Å². The van der Waals surface area contributed by atoms with E-state index in [4.69, 9.17) is 21.1 Å². The smallest absolute Gasteiger partial charge is 0.338 e. The molecule has 3 atom stereocenters. The van der Waals surface area contributed by atoms with Crippen LogP contribution in [0.3, 0.4) is 0 Å². The van der Waals surface area contributed by atoms with Gasteiger partial charge in [0.1, 0.15) is 17.5 Å². The summed E-state index contributed by atoms with van der Waals surface area (Å²) in [6, 6.07) is 10.9. The maximum absolute atomic E-state index is 13.6. The molecule has 1 aromatic heterocycles. The van der Waals surface area contributed by atoms with E-state index in [-0.39, 0.29) is 35.9 Å². The molecule has 3 aromatic rings. The second-order valence-corrected chi connectivity index (χ2v) is 11.3.